The molecule has 148 valence electrons. The van der Waals surface area contributed by atoms with Crippen molar-refractivity contribution < 1.29 is 14.5 Å². The molecule has 0 unspecified atom stereocenters. The minimum absolute atomic E-state index is 0.0303. The summed E-state index contributed by atoms with van der Waals surface area (Å²) in [6.07, 6.45) is -0.0303. The maximum absolute atomic E-state index is 13.0. The van der Waals surface area contributed by atoms with Crippen LogP contribution in [0, 0.1) is 10.1 Å². The van der Waals surface area contributed by atoms with Gasteiger partial charge in [0, 0.05) is 38.4 Å². The Kier molecular flexibility index (Phi) is 6.44. The number of halogens is 1. The first-order valence-electron chi connectivity index (χ1n) is 9.08. The number of carbonyl (C=O) groups is 1. The van der Waals surface area contributed by atoms with Crippen molar-refractivity contribution in [2.45, 2.75) is 16.8 Å². The van der Waals surface area contributed by atoms with Crippen LogP contribution in [-0.4, -0.2) is 17.8 Å². The maximum atomic E-state index is 13.0. The molecule has 0 amide bonds. The molecule has 0 saturated carbocycles. The summed E-state index contributed by atoms with van der Waals surface area (Å²) in [5.41, 5.74) is 1.69. The third-order valence-corrected chi connectivity index (χ3v) is 6.21. The minimum atomic E-state index is -1.64. The van der Waals surface area contributed by atoms with Gasteiger partial charge in [-0.1, -0.05) is 60.7 Å². The lowest BCUT2D eigenvalue weighted by atomic mass is 9.82. The molecule has 0 aliphatic rings. The molecular formula is C23H20BrNO4. The predicted molar refractivity (Wildman–Crippen MR) is 115 cm³/mol. The van der Waals surface area contributed by atoms with Crippen molar-refractivity contribution >= 4 is 21.7 Å². The molecule has 0 spiro atoms. The number of hydrogen-bond acceptors (Lipinski definition) is 4. The van der Waals surface area contributed by atoms with Crippen LogP contribution in [0.2, 0.25) is 0 Å². The van der Waals surface area contributed by atoms with Crippen LogP contribution in [0.5, 0.6) is 5.75 Å². The summed E-state index contributed by atoms with van der Waals surface area (Å²) in [6, 6.07) is 24.6. The number of rotatable bonds is 8. The number of ether oxygens (including phenoxy) is 1. The van der Waals surface area contributed by atoms with Gasteiger partial charge >= 0.3 is 4.45 Å². The molecule has 6 heteroatoms. The van der Waals surface area contributed by atoms with Gasteiger partial charge in [0.1, 0.15) is 5.75 Å². The van der Waals surface area contributed by atoms with Crippen LogP contribution in [0.4, 0.5) is 0 Å². The van der Waals surface area contributed by atoms with Crippen molar-refractivity contribution in [3.05, 3.63) is 112 Å². The summed E-state index contributed by atoms with van der Waals surface area (Å²) in [5.74, 6) is -0.246. The van der Waals surface area contributed by atoms with E-state index in [-0.39, 0.29) is 17.1 Å². The topological polar surface area (TPSA) is 69.4 Å². The molecule has 3 aromatic carbocycles. The van der Waals surface area contributed by atoms with Crippen LogP contribution in [-0.2, 0) is 4.45 Å². The zero-order chi connectivity index (χ0) is 20.9. The lowest BCUT2D eigenvalue weighted by Gasteiger charge is -2.29. The van der Waals surface area contributed by atoms with Crippen molar-refractivity contribution in [2.75, 3.05) is 7.11 Å². The van der Waals surface area contributed by atoms with Gasteiger partial charge < -0.3 is 4.74 Å². The Hall–Kier alpha value is -2.99. The third-order valence-electron chi connectivity index (χ3n) is 4.91. The molecule has 5 nitrogen and oxygen atoms in total. The summed E-state index contributed by atoms with van der Waals surface area (Å²) in [4.78, 5) is 25.0. The van der Waals surface area contributed by atoms with Gasteiger partial charge in [-0.05, 0) is 29.8 Å². The molecule has 0 aromatic heterocycles. The van der Waals surface area contributed by atoms with Gasteiger partial charge in [0.25, 0.3) is 0 Å². The standard InChI is InChI=1S/C23H20BrNO4/c1-29-20-14-12-18(13-15-20)22(26)16-21(17-8-4-2-5-9-17)23(24,25(27)28)19-10-6-3-7-11-19/h2-15,21H,16H2,1H3/t21-,23+/m0/s1. The lowest BCUT2D eigenvalue weighted by molar-refractivity contribution is -0.548. The Labute approximate surface area is 177 Å². The molecule has 0 radical (unpaired) electrons. The fraction of sp³-hybridized carbons (Fsp3) is 0.174. The van der Waals surface area contributed by atoms with E-state index in [0.29, 0.717) is 22.4 Å². The average Bonchev–Trinajstić information content (AvgIpc) is 2.78. The molecule has 0 aliphatic heterocycles. The van der Waals surface area contributed by atoms with E-state index in [2.05, 4.69) is 15.9 Å². The van der Waals surface area contributed by atoms with E-state index in [9.17, 15) is 14.9 Å². The van der Waals surface area contributed by atoms with E-state index < -0.39 is 10.4 Å². The maximum Gasteiger partial charge on any atom is 0.306 e. The molecule has 3 rings (SSSR count). The van der Waals surface area contributed by atoms with Crippen molar-refractivity contribution in [3.8, 4) is 5.75 Å². The monoisotopic (exact) mass is 453 g/mol. The second-order valence-corrected chi connectivity index (χ2v) is 7.82. The average molecular weight is 454 g/mol. The van der Waals surface area contributed by atoms with Crippen LogP contribution in [0.15, 0.2) is 84.9 Å². The number of nitro groups is 1. The normalized spacial score (nSPS) is 13.9. The zero-order valence-electron chi connectivity index (χ0n) is 15.8. The van der Waals surface area contributed by atoms with Crippen LogP contribution < -0.4 is 4.74 Å². The van der Waals surface area contributed by atoms with Crippen molar-refractivity contribution in [1.82, 2.24) is 0 Å². The number of Topliss-reactive ketones (excluding diaryl/α,β-unsaturated/α-hetero) is 1. The summed E-state index contributed by atoms with van der Waals surface area (Å²) in [5, 5.41) is 12.3. The minimum Gasteiger partial charge on any atom is -0.497 e. The largest absolute Gasteiger partial charge is 0.497 e. The van der Waals surface area contributed by atoms with Crippen molar-refractivity contribution in [1.29, 1.82) is 0 Å². The Balaban J connectivity index is 2.04. The highest BCUT2D eigenvalue weighted by Gasteiger charge is 2.51. The lowest BCUT2D eigenvalue weighted by Crippen LogP contribution is -2.37. The van der Waals surface area contributed by atoms with Crippen LogP contribution >= 0.6 is 15.9 Å². The second kappa shape index (κ2) is 9.01. The summed E-state index contributed by atoms with van der Waals surface area (Å²) < 4.78 is 3.49. The van der Waals surface area contributed by atoms with Gasteiger partial charge in [-0.3, -0.25) is 14.9 Å². The number of methoxy groups -OCH3 is 1. The number of nitrogens with zero attached hydrogens (tertiary/aromatic N) is 1. The van der Waals surface area contributed by atoms with Crippen LogP contribution in [0.25, 0.3) is 0 Å². The number of ketones is 1. The number of carbonyl (C=O) groups excluding carboxylic acids is 1. The zero-order valence-corrected chi connectivity index (χ0v) is 17.4. The number of hydrogen-bond donors (Lipinski definition) is 0. The Morgan fingerprint density at radius 3 is 2.07 bits per heavy atom. The smallest absolute Gasteiger partial charge is 0.306 e. The van der Waals surface area contributed by atoms with Gasteiger partial charge in [0.15, 0.2) is 5.78 Å². The Morgan fingerprint density at radius 2 is 1.55 bits per heavy atom. The highest BCUT2D eigenvalue weighted by atomic mass is 79.9. The molecule has 0 bridgehead atoms. The van der Waals surface area contributed by atoms with Gasteiger partial charge in [0.2, 0.25) is 0 Å². The Morgan fingerprint density at radius 1 is 1.00 bits per heavy atom. The molecule has 0 heterocycles. The molecule has 29 heavy (non-hydrogen) atoms. The molecule has 0 N–H and O–H groups in total. The quantitative estimate of drug-likeness (QED) is 0.147. The Bertz CT molecular complexity index is 977. The molecule has 0 aliphatic carbocycles. The SMILES string of the molecule is COc1ccc(C(=O)C[C@@H](c2ccccc2)[C@@](Br)(c2ccccc2)[N+](=O)[O-])cc1. The van der Waals surface area contributed by atoms with Crippen LogP contribution in [0.3, 0.4) is 0 Å². The second-order valence-electron chi connectivity index (χ2n) is 6.62. The third kappa shape index (κ3) is 4.38. The number of benzene rings is 3. The molecular weight excluding hydrogens is 434 g/mol. The van der Waals surface area contributed by atoms with Gasteiger partial charge in [-0.25, -0.2) is 0 Å². The molecule has 0 saturated heterocycles. The van der Waals surface area contributed by atoms with E-state index in [1.807, 2.05) is 30.3 Å². The van der Waals surface area contributed by atoms with E-state index >= 15 is 0 Å². The summed E-state index contributed by atoms with van der Waals surface area (Å²) in [7, 11) is 1.55. The fourth-order valence-electron chi connectivity index (χ4n) is 3.35. The van der Waals surface area contributed by atoms with E-state index in [4.69, 9.17) is 4.74 Å². The van der Waals surface area contributed by atoms with Gasteiger partial charge in [-0.15, -0.1) is 0 Å². The van der Waals surface area contributed by atoms with Crippen molar-refractivity contribution in [3.63, 3.8) is 0 Å². The van der Waals surface area contributed by atoms with Gasteiger partial charge in [0.05, 0.1) is 13.0 Å². The first-order chi connectivity index (χ1) is 14.0. The predicted octanol–water partition coefficient (Wildman–Crippen LogP) is 5.58. The molecule has 2 atom stereocenters. The van der Waals surface area contributed by atoms with E-state index in [0.717, 1.165) is 0 Å². The fourth-order valence-corrected chi connectivity index (χ4v) is 4.04. The van der Waals surface area contributed by atoms with E-state index in [1.165, 1.54) is 0 Å². The first kappa shape index (κ1) is 20.7. The van der Waals surface area contributed by atoms with Crippen LogP contribution in [0.1, 0.15) is 33.8 Å². The van der Waals surface area contributed by atoms with Crippen molar-refractivity contribution in [2.24, 2.45) is 0 Å². The van der Waals surface area contributed by atoms with Gasteiger partial charge in [-0.2, -0.15) is 0 Å². The first-order valence-corrected chi connectivity index (χ1v) is 9.87. The summed E-state index contributed by atoms with van der Waals surface area (Å²) in [6.45, 7) is 0. The summed E-state index contributed by atoms with van der Waals surface area (Å²) >= 11 is 3.41. The highest BCUT2D eigenvalue weighted by molar-refractivity contribution is 9.09. The number of alkyl halides is 1. The molecule has 3 aromatic rings. The molecule has 0 fully saturated rings. The van der Waals surface area contributed by atoms with E-state index in [1.54, 1.807) is 61.7 Å². The highest BCUT2D eigenvalue weighted by Crippen LogP contribution is 2.47.